The van der Waals surface area contributed by atoms with Crippen molar-refractivity contribution in [3.05, 3.63) is 22.4 Å². The zero-order valence-electron chi connectivity index (χ0n) is 15.1. The highest BCUT2D eigenvalue weighted by molar-refractivity contribution is 8.01. The van der Waals surface area contributed by atoms with Crippen molar-refractivity contribution >= 4 is 45.5 Å². The molecule has 0 bridgehead atoms. The summed E-state index contributed by atoms with van der Waals surface area (Å²) in [4.78, 5) is 16.0. The third-order valence-corrected chi connectivity index (χ3v) is 7.57. The lowest BCUT2D eigenvalue weighted by Crippen LogP contribution is -2.42. The van der Waals surface area contributed by atoms with Gasteiger partial charge in [-0.1, -0.05) is 48.4 Å². The van der Waals surface area contributed by atoms with Crippen LogP contribution in [0.4, 0.5) is 5.13 Å². The average molecular weight is 411 g/mol. The molecule has 2 aromatic heterocycles. The van der Waals surface area contributed by atoms with Gasteiger partial charge in [0.25, 0.3) is 0 Å². The van der Waals surface area contributed by atoms with Crippen LogP contribution >= 0.6 is 34.4 Å². The molecule has 26 heavy (non-hydrogen) atoms. The van der Waals surface area contributed by atoms with E-state index in [4.69, 9.17) is 0 Å². The highest BCUT2D eigenvalue weighted by Crippen LogP contribution is 2.27. The van der Waals surface area contributed by atoms with E-state index in [2.05, 4.69) is 44.9 Å². The molecule has 1 aliphatic rings. The molecule has 0 aliphatic heterocycles. The first-order valence-electron chi connectivity index (χ1n) is 9.28. The van der Waals surface area contributed by atoms with Crippen LogP contribution in [0.3, 0.4) is 0 Å². The molecule has 0 aromatic carbocycles. The van der Waals surface area contributed by atoms with Crippen LogP contribution in [0.15, 0.2) is 21.9 Å². The number of nitrogens with zero attached hydrogens (tertiary/aromatic N) is 3. The molecule has 3 rings (SSSR count). The van der Waals surface area contributed by atoms with Crippen molar-refractivity contribution in [2.75, 3.05) is 24.2 Å². The number of thiophene rings is 1. The molecule has 1 saturated carbocycles. The molecular weight excluding hydrogens is 384 g/mol. The Morgan fingerprint density at radius 2 is 2.19 bits per heavy atom. The summed E-state index contributed by atoms with van der Waals surface area (Å²) in [5, 5.41) is 14.6. The molecule has 1 amide bonds. The molecule has 0 saturated heterocycles. The zero-order valence-corrected chi connectivity index (χ0v) is 17.6. The Labute approximate surface area is 167 Å². The number of carbonyl (C=O) groups excluding carboxylic acids is 1. The van der Waals surface area contributed by atoms with Crippen molar-refractivity contribution in [1.29, 1.82) is 0 Å². The van der Waals surface area contributed by atoms with Gasteiger partial charge in [-0.2, -0.15) is 0 Å². The number of anilines is 1. The number of thioether (sulfide) groups is 1. The van der Waals surface area contributed by atoms with E-state index in [1.54, 1.807) is 11.3 Å². The van der Waals surface area contributed by atoms with E-state index in [0.29, 0.717) is 11.8 Å². The molecular formula is C18H26N4OS3. The first-order valence-corrected chi connectivity index (χ1v) is 12.0. The van der Waals surface area contributed by atoms with E-state index in [0.717, 1.165) is 41.8 Å². The van der Waals surface area contributed by atoms with E-state index >= 15 is 0 Å². The van der Waals surface area contributed by atoms with Crippen LogP contribution in [-0.4, -0.2) is 45.9 Å². The zero-order chi connectivity index (χ0) is 18.2. The van der Waals surface area contributed by atoms with Crippen LogP contribution < -0.4 is 5.32 Å². The minimum absolute atomic E-state index is 0.229. The maximum Gasteiger partial charge on any atom is 0.233 e. The number of amides is 1. The Balaban J connectivity index is 1.42. The number of carbonyl (C=O) groups is 1. The summed E-state index contributed by atoms with van der Waals surface area (Å²) in [6, 6.07) is 4.65. The predicted octanol–water partition coefficient (Wildman–Crippen LogP) is 4.53. The maximum absolute atomic E-state index is 12.6. The topological polar surface area (TPSA) is 58.1 Å². The van der Waals surface area contributed by atoms with Crippen LogP contribution in [0.25, 0.3) is 0 Å². The lowest BCUT2D eigenvalue weighted by atomic mass is 9.94. The van der Waals surface area contributed by atoms with Crippen molar-refractivity contribution in [3.63, 3.8) is 0 Å². The number of aromatic nitrogens is 2. The fraction of sp³-hybridized carbons (Fsp3) is 0.611. The van der Waals surface area contributed by atoms with Crippen molar-refractivity contribution in [1.82, 2.24) is 15.1 Å². The van der Waals surface area contributed by atoms with E-state index in [-0.39, 0.29) is 5.91 Å². The molecule has 0 spiro atoms. The van der Waals surface area contributed by atoms with E-state index in [1.165, 1.54) is 47.2 Å². The van der Waals surface area contributed by atoms with Gasteiger partial charge in [0.15, 0.2) is 4.34 Å². The van der Waals surface area contributed by atoms with Gasteiger partial charge in [-0.15, -0.1) is 21.5 Å². The average Bonchev–Trinajstić information content (AvgIpc) is 3.34. The first-order chi connectivity index (χ1) is 12.8. The molecule has 0 unspecified atom stereocenters. The minimum Gasteiger partial charge on any atom is -0.360 e. The predicted molar refractivity (Wildman–Crippen MR) is 111 cm³/mol. The lowest BCUT2D eigenvalue weighted by Gasteiger charge is -2.33. The SMILES string of the molecule is CCN(C(=O)CSc1nnc(NCCc2cccs2)s1)C1CCCCC1. The number of rotatable bonds is 9. The van der Waals surface area contributed by atoms with Crippen molar-refractivity contribution < 1.29 is 4.79 Å². The smallest absolute Gasteiger partial charge is 0.233 e. The molecule has 0 atom stereocenters. The van der Waals surface area contributed by atoms with Gasteiger partial charge in [0.05, 0.1) is 5.75 Å². The monoisotopic (exact) mass is 410 g/mol. The highest BCUT2D eigenvalue weighted by Gasteiger charge is 2.24. The largest absolute Gasteiger partial charge is 0.360 e. The van der Waals surface area contributed by atoms with Gasteiger partial charge >= 0.3 is 0 Å². The minimum atomic E-state index is 0.229. The second kappa shape index (κ2) is 10.3. The maximum atomic E-state index is 12.6. The summed E-state index contributed by atoms with van der Waals surface area (Å²) in [5.41, 5.74) is 0. The molecule has 2 aromatic rings. The van der Waals surface area contributed by atoms with Gasteiger partial charge in [-0.3, -0.25) is 4.79 Å². The number of hydrogen-bond donors (Lipinski definition) is 1. The fourth-order valence-corrected chi connectivity index (χ4v) is 5.70. The summed E-state index contributed by atoms with van der Waals surface area (Å²) < 4.78 is 0.858. The number of nitrogens with one attached hydrogen (secondary N) is 1. The summed E-state index contributed by atoms with van der Waals surface area (Å²) in [6.45, 7) is 3.73. The van der Waals surface area contributed by atoms with Gasteiger partial charge in [0, 0.05) is 24.0 Å². The normalized spacial score (nSPS) is 15.1. The third-order valence-electron chi connectivity index (χ3n) is 4.63. The summed E-state index contributed by atoms with van der Waals surface area (Å²) in [5.74, 6) is 0.681. The fourth-order valence-electron chi connectivity index (χ4n) is 3.32. The molecule has 8 heteroatoms. The highest BCUT2D eigenvalue weighted by atomic mass is 32.2. The molecule has 142 valence electrons. The van der Waals surface area contributed by atoms with Crippen LogP contribution in [0.5, 0.6) is 0 Å². The number of hydrogen-bond acceptors (Lipinski definition) is 7. The van der Waals surface area contributed by atoms with E-state index in [1.807, 2.05) is 0 Å². The van der Waals surface area contributed by atoms with Gasteiger partial charge in [0.2, 0.25) is 11.0 Å². The quantitative estimate of drug-likeness (QED) is 0.616. The van der Waals surface area contributed by atoms with E-state index in [9.17, 15) is 4.79 Å². The Bertz CT molecular complexity index is 668. The van der Waals surface area contributed by atoms with Gasteiger partial charge in [0.1, 0.15) is 0 Å². The Morgan fingerprint density at radius 3 is 2.92 bits per heavy atom. The lowest BCUT2D eigenvalue weighted by molar-refractivity contribution is -0.131. The third kappa shape index (κ3) is 5.69. The van der Waals surface area contributed by atoms with E-state index < -0.39 is 0 Å². The van der Waals surface area contributed by atoms with Crippen LogP contribution in [0, 0.1) is 0 Å². The molecule has 1 aliphatic carbocycles. The molecule has 2 heterocycles. The first kappa shape index (κ1) is 19.6. The van der Waals surface area contributed by atoms with Crippen LogP contribution in [-0.2, 0) is 11.2 Å². The summed E-state index contributed by atoms with van der Waals surface area (Å²) in [6.07, 6.45) is 7.11. The molecule has 1 N–H and O–H groups in total. The van der Waals surface area contributed by atoms with Gasteiger partial charge in [-0.05, 0) is 37.6 Å². The van der Waals surface area contributed by atoms with Crippen molar-refractivity contribution in [2.24, 2.45) is 0 Å². The van der Waals surface area contributed by atoms with Gasteiger partial charge in [-0.25, -0.2) is 0 Å². The Hall–Kier alpha value is -1.12. The van der Waals surface area contributed by atoms with Gasteiger partial charge < -0.3 is 10.2 Å². The van der Waals surface area contributed by atoms with Crippen molar-refractivity contribution in [3.8, 4) is 0 Å². The summed E-state index contributed by atoms with van der Waals surface area (Å²) in [7, 11) is 0. The second-order valence-corrected chi connectivity index (χ2v) is 9.62. The molecule has 5 nitrogen and oxygen atoms in total. The second-order valence-electron chi connectivity index (χ2n) is 6.39. The Morgan fingerprint density at radius 1 is 1.35 bits per heavy atom. The van der Waals surface area contributed by atoms with Crippen LogP contribution in [0.1, 0.15) is 43.9 Å². The Kier molecular flexibility index (Phi) is 7.76. The standard InChI is InChI=1S/C18H26N4OS3/c1-2-22(14-7-4-3-5-8-14)16(23)13-25-18-21-20-17(26-18)19-11-10-15-9-6-12-24-15/h6,9,12,14H,2-5,7-8,10-11,13H2,1H3,(H,19,20). The molecule has 1 fully saturated rings. The summed E-state index contributed by atoms with van der Waals surface area (Å²) >= 11 is 4.81. The van der Waals surface area contributed by atoms with Crippen molar-refractivity contribution in [2.45, 2.75) is 55.8 Å². The molecule has 0 radical (unpaired) electrons. The van der Waals surface area contributed by atoms with Crippen LogP contribution in [0.2, 0.25) is 0 Å².